The van der Waals surface area contributed by atoms with Crippen molar-refractivity contribution in [2.45, 2.75) is 47.3 Å². The molecule has 0 spiro atoms. The summed E-state index contributed by atoms with van der Waals surface area (Å²) < 4.78 is 7.09. The van der Waals surface area contributed by atoms with E-state index in [-0.39, 0.29) is 5.78 Å². The molecule has 0 unspecified atom stereocenters. The highest BCUT2D eigenvalue weighted by Gasteiger charge is 2.22. The van der Waals surface area contributed by atoms with Gasteiger partial charge in [-0.25, -0.2) is 0 Å². The fourth-order valence-electron chi connectivity index (χ4n) is 3.32. The van der Waals surface area contributed by atoms with Crippen molar-refractivity contribution in [3.8, 4) is 5.75 Å². The smallest absolute Gasteiger partial charge is 0.162 e. The summed E-state index contributed by atoms with van der Waals surface area (Å²) in [6.07, 6.45) is 0.528. The molecule has 0 amide bonds. The Morgan fingerprint density at radius 3 is 1.96 bits per heavy atom. The predicted octanol–water partition coefficient (Wildman–Crippen LogP) is 5.23. The van der Waals surface area contributed by atoms with E-state index in [2.05, 4.69) is 45.0 Å². The Morgan fingerprint density at radius 2 is 1.42 bits per heavy atom. The van der Waals surface area contributed by atoms with E-state index in [4.69, 9.17) is 4.74 Å². The molecule has 0 bridgehead atoms. The van der Waals surface area contributed by atoms with Gasteiger partial charge in [0.05, 0.1) is 19.6 Å². The normalized spacial score (nSPS) is 11.4. The highest BCUT2D eigenvalue weighted by atomic mass is 16.5. The largest absolute Gasteiger partial charge is 0.489 e. The van der Waals surface area contributed by atoms with Gasteiger partial charge in [-0.1, -0.05) is 31.2 Å². The summed E-state index contributed by atoms with van der Waals surface area (Å²) in [6.45, 7) is 13.7. The first kappa shape index (κ1) is 20.2. The summed E-state index contributed by atoms with van der Waals surface area (Å²) in [5.41, 5.74) is 3.34. The number of hydrogen-bond donors (Lipinski definition) is 0. The molecule has 0 atom stereocenters. The molecule has 0 saturated heterocycles. The second-order valence-corrected chi connectivity index (χ2v) is 6.81. The van der Waals surface area contributed by atoms with Crippen LogP contribution in [0.4, 0.5) is 0 Å². The maximum absolute atomic E-state index is 11.7. The summed E-state index contributed by atoms with van der Waals surface area (Å²) in [5.74, 6) is 0.962. The van der Waals surface area contributed by atoms with Gasteiger partial charge in [0.1, 0.15) is 18.9 Å². The van der Waals surface area contributed by atoms with Crippen LogP contribution in [0.1, 0.15) is 55.6 Å². The molecule has 0 aliphatic heterocycles. The Balaban J connectivity index is 2.09. The number of carbonyl (C=O) groups excluding carboxylic acids is 1. The first-order chi connectivity index (χ1) is 12.6. The quantitative estimate of drug-likeness (QED) is 0.431. The van der Waals surface area contributed by atoms with Crippen molar-refractivity contribution in [3.05, 3.63) is 65.2 Å². The first-order valence-corrected chi connectivity index (χ1v) is 9.75. The van der Waals surface area contributed by atoms with Crippen LogP contribution < -0.4 is 4.74 Å². The molecule has 3 heteroatoms. The van der Waals surface area contributed by atoms with Crippen molar-refractivity contribution < 1.29 is 14.0 Å². The molecular weight excluding hydrogens is 322 g/mol. The molecule has 3 nitrogen and oxygen atoms in total. The van der Waals surface area contributed by atoms with E-state index in [1.165, 1.54) is 11.1 Å². The van der Waals surface area contributed by atoms with Gasteiger partial charge in [-0.3, -0.25) is 4.79 Å². The molecule has 0 aromatic heterocycles. The fourth-order valence-corrected chi connectivity index (χ4v) is 3.32. The fraction of sp³-hybridized carbons (Fsp3) is 0.435. The summed E-state index contributed by atoms with van der Waals surface area (Å²) >= 11 is 0. The van der Waals surface area contributed by atoms with Gasteiger partial charge >= 0.3 is 0 Å². The van der Waals surface area contributed by atoms with E-state index in [1.807, 2.05) is 31.2 Å². The summed E-state index contributed by atoms with van der Waals surface area (Å²) in [4.78, 5) is 11.7. The molecule has 0 radical (unpaired) electrons. The zero-order valence-electron chi connectivity index (χ0n) is 16.6. The minimum Gasteiger partial charge on any atom is -0.489 e. The van der Waals surface area contributed by atoms with Crippen molar-refractivity contribution in [3.63, 3.8) is 0 Å². The minimum atomic E-state index is 0.162. The van der Waals surface area contributed by atoms with Gasteiger partial charge in [0.2, 0.25) is 0 Å². The lowest BCUT2D eigenvalue weighted by atomic mass is 10.1. The average Bonchev–Trinajstić information content (AvgIpc) is 2.71. The van der Waals surface area contributed by atoms with E-state index < -0.39 is 0 Å². The van der Waals surface area contributed by atoms with Gasteiger partial charge in [0.25, 0.3) is 0 Å². The van der Waals surface area contributed by atoms with Crippen LogP contribution in [0.15, 0.2) is 48.5 Å². The lowest BCUT2D eigenvalue weighted by Gasteiger charge is -2.36. The van der Waals surface area contributed by atoms with Gasteiger partial charge in [-0.05, 0) is 50.6 Å². The second kappa shape index (κ2) is 9.54. The van der Waals surface area contributed by atoms with Gasteiger partial charge in [0, 0.05) is 17.5 Å². The lowest BCUT2D eigenvalue weighted by molar-refractivity contribution is -0.936. The monoisotopic (exact) mass is 354 g/mol. The zero-order valence-corrected chi connectivity index (χ0v) is 16.6. The van der Waals surface area contributed by atoms with Crippen molar-refractivity contribution in [1.29, 1.82) is 0 Å². The molecule has 0 saturated carbocycles. The van der Waals surface area contributed by atoms with Crippen molar-refractivity contribution in [2.75, 3.05) is 19.6 Å². The average molecular weight is 355 g/mol. The number of rotatable bonds is 10. The summed E-state index contributed by atoms with van der Waals surface area (Å²) in [7, 11) is 0. The Bertz CT molecular complexity index is 694. The molecular formula is C23H32NO2+. The molecule has 0 aliphatic rings. The van der Waals surface area contributed by atoms with Crippen LogP contribution in [-0.4, -0.2) is 29.9 Å². The van der Waals surface area contributed by atoms with Crippen LogP contribution in [-0.2, 0) is 13.2 Å². The molecule has 0 N–H and O–H groups in total. The summed E-state index contributed by atoms with van der Waals surface area (Å²) in [5, 5.41) is 0. The van der Waals surface area contributed by atoms with Crippen LogP contribution in [0.5, 0.6) is 5.75 Å². The van der Waals surface area contributed by atoms with E-state index in [0.717, 1.165) is 42.0 Å². The van der Waals surface area contributed by atoms with Crippen molar-refractivity contribution in [2.24, 2.45) is 0 Å². The lowest BCUT2D eigenvalue weighted by Crippen LogP contribution is -2.46. The van der Waals surface area contributed by atoms with Crippen LogP contribution in [0.25, 0.3) is 0 Å². The van der Waals surface area contributed by atoms with E-state index in [9.17, 15) is 4.79 Å². The van der Waals surface area contributed by atoms with Crippen LogP contribution >= 0.6 is 0 Å². The highest BCUT2D eigenvalue weighted by Crippen LogP contribution is 2.20. The van der Waals surface area contributed by atoms with Crippen LogP contribution in [0.3, 0.4) is 0 Å². The number of benzene rings is 2. The third-order valence-corrected chi connectivity index (χ3v) is 5.53. The molecule has 2 aromatic rings. The second-order valence-electron chi connectivity index (χ2n) is 6.81. The Kier molecular flexibility index (Phi) is 7.40. The third-order valence-electron chi connectivity index (χ3n) is 5.53. The third kappa shape index (κ3) is 4.95. The number of ketones is 1. The van der Waals surface area contributed by atoms with Gasteiger partial charge in [-0.2, -0.15) is 0 Å². The Hall–Kier alpha value is -2.13. The molecule has 140 valence electrons. The number of Topliss-reactive ketones (excluding diaryl/α,β-unsaturated/α-hetero) is 1. The van der Waals surface area contributed by atoms with Crippen molar-refractivity contribution in [1.82, 2.24) is 0 Å². The minimum absolute atomic E-state index is 0.162. The molecule has 2 rings (SSSR count). The molecule has 26 heavy (non-hydrogen) atoms. The zero-order chi connectivity index (χ0) is 19.0. The molecule has 0 aliphatic carbocycles. The number of quaternary nitrogens is 1. The van der Waals surface area contributed by atoms with Crippen LogP contribution in [0.2, 0.25) is 0 Å². The molecule has 2 aromatic carbocycles. The summed E-state index contributed by atoms with van der Waals surface area (Å²) in [6, 6.07) is 16.0. The van der Waals surface area contributed by atoms with E-state index in [1.54, 1.807) is 0 Å². The number of nitrogens with zero attached hydrogens (tertiary/aromatic N) is 1. The maximum atomic E-state index is 11.7. The van der Waals surface area contributed by atoms with Gasteiger partial charge < -0.3 is 9.22 Å². The van der Waals surface area contributed by atoms with Crippen molar-refractivity contribution >= 4 is 5.78 Å². The van der Waals surface area contributed by atoms with Gasteiger partial charge in [-0.15, -0.1) is 0 Å². The maximum Gasteiger partial charge on any atom is 0.162 e. The number of ether oxygens (including phenoxy) is 1. The Labute approximate surface area is 158 Å². The topological polar surface area (TPSA) is 26.3 Å². The Morgan fingerprint density at radius 1 is 0.846 bits per heavy atom. The van der Waals surface area contributed by atoms with Gasteiger partial charge in [0.15, 0.2) is 5.78 Å². The number of hydrogen-bond acceptors (Lipinski definition) is 2. The van der Waals surface area contributed by atoms with E-state index >= 15 is 0 Å². The molecule has 0 fully saturated rings. The van der Waals surface area contributed by atoms with Crippen LogP contribution in [0, 0.1) is 0 Å². The predicted molar refractivity (Wildman–Crippen MR) is 107 cm³/mol. The van der Waals surface area contributed by atoms with E-state index in [0.29, 0.717) is 13.0 Å². The first-order valence-electron chi connectivity index (χ1n) is 9.75. The number of carbonyl (C=O) groups is 1. The highest BCUT2D eigenvalue weighted by molar-refractivity contribution is 5.95. The SMILES string of the molecule is CCC(=O)c1ccc(OCc2ccccc2C[N+](CC)(CC)CC)cc1. The molecule has 0 heterocycles. The standard InChI is InChI=1S/C23H32NO2/c1-5-23(25)19-13-15-22(16-14-19)26-18-21-12-10-9-11-20(21)17-24(6-2,7-3)8-4/h9-16H,5-8,17-18H2,1-4H3/q+1.